The van der Waals surface area contributed by atoms with E-state index in [0.717, 1.165) is 0 Å². The molecule has 0 aliphatic rings. The lowest BCUT2D eigenvalue weighted by atomic mass is 10.3. The summed E-state index contributed by atoms with van der Waals surface area (Å²) >= 11 is 5.39. The quantitative estimate of drug-likeness (QED) is 0.604. The summed E-state index contributed by atoms with van der Waals surface area (Å²) in [6.45, 7) is 1.45. The zero-order chi connectivity index (χ0) is 6.85. The highest BCUT2D eigenvalue weighted by Crippen LogP contribution is 2.01. The van der Waals surface area contributed by atoms with E-state index in [1.807, 2.05) is 0 Å². The number of hydrogen-bond acceptors (Lipinski definition) is 2. The van der Waals surface area contributed by atoms with Crippen molar-refractivity contribution in [2.75, 3.05) is 0 Å². The van der Waals surface area contributed by atoms with E-state index in [9.17, 15) is 4.79 Å². The van der Waals surface area contributed by atoms with Gasteiger partial charge in [0.1, 0.15) is 5.69 Å². The first-order valence-electron chi connectivity index (χ1n) is 2.41. The van der Waals surface area contributed by atoms with Crippen molar-refractivity contribution in [1.29, 1.82) is 0 Å². The molecule has 0 spiro atoms. The Labute approximate surface area is 57.1 Å². The summed E-state index contributed by atoms with van der Waals surface area (Å²) in [5.41, 5.74) is 0.444. The second kappa shape index (κ2) is 2.19. The Bertz CT molecular complexity index is 231. The van der Waals surface area contributed by atoms with E-state index in [2.05, 4.69) is 9.97 Å². The maximum Gasteiger partial charge on any atom is 0.200 e. The molecular weight excluding hydrogens is 140 g/mol. The lowest BCUT2D eigenvalue weighted by Crippen LogP contribution is -1.89. The number of imidazole rings is 1. The summed E-state index contributed by atoms with van der Waals surface area (Å²) in [4.78, 5) is 16.7. The fourth-order valence-corrected chi connectivity index (χ4v) is 0.626. The molecule has 0 aromatic carbocycles. The number of nitrogens with one attached hydrogen (secondary N) is 1. The molecule has 0 saturated heterocycles. The summed E-state index contributed by atoms with van der Waals surface area (Å²) in [6.07, 6.45) is 1.41. The van der Waals surface area contributed by atoms with Crippen LogP contribution < -0.4 is 0 Å². The second-order valence-corrected chi connectivity index (χ2v) is 2.00. The van der Waals surface area contributed by atoms with Crippen LogP contribution in [0.2, 0.25) is 5.28 Å². The van der Waals surface area contributed by atoms with Gasteiger partial charge in [0.2, 0.25) is 5.28 Å². The van der Waals surface area contributed by atoms with Crippen LogP contribution in [0.25, 0.3) is 0 Å². The number of aromatic nitrogens is 2. The second-order valence-electron chi connectivity index (χ2n) is 1.64. The van der Waals surface area contributed by atoms with Crippen molar-refractivity contribution in [3.05, 3.63) is 17.2 Å². The van der Waals surface area contributed by atoms with Gasteiger partial charge in [0.05, 0.1) is 6.20 Å². The van der Waals surface area contributed by atoms with Crippen LogP contribution in [0.3, 0.4) is 0 Å². The number of aromatic amines is 1. The van der Waals surface area contributed by atoms with Gasteiger partial charge in [-0.05, 0) is 11.6 Å². The van der Waals surface area contributed by atoms with E-state index in [-0.39, 0.29) is 11.1 Å². The lowest BCUT2D eigenvalue weighted by molar-refractivity contribution is 0.101. The van der Waals surface area contributed by atoms with Crippen LogP contribution in [0.4, 0.5) is 0 Å². The zero-order valence-electron chi connectivity index (χ0n) is 4.81. The molecule has 48 valence electrons. The van der Waals surface area contributed by atoms with Crippen LogP contribution in [0.15, 0.2) is 6.20 Å². The third kappa shape index (κ3) is 1.29. The molecule has 0 radical (unpaired) electrons. The van der Waals surface area contributed by atoms with Crippen molar-refractivity contribution in [1.82, 2.24) is 9.97 Å². The van der Waals surface area contributed by atoms with E-state index in [0.29, 0.717) is 5.69 Å². The van der Waals surface area contributed by atoms with E-state index in [4.69, 9.17) is 11.6 Å². The Balaban J connectivity index is 2.98. The molecule has 1 rings (SSSR count). The minimum Gasteiger partial charge on any atom is -0.326 e. The molecule has 0 saturated carbocycles. The minimum atomic E-state index is -0.0607. The predicted molar refractivity (Wildman–Crippen MR) is 33.6 cm³/mol. The van der Waals surface area contributed by atoms with E-state index in [1.165, 1.54) is 13.1 Å². The molecule has 1 heterocycles. The minimum absolute atomic E-state index is 0.0607. The topological polar surface area (TPSA) is 45.8 Å². The molecule has 3 nitrogen and oxygen atoms in total. The number of H-pyrrole nitrogens is 1. The Hall–Kier alpha value is -0.830. The average molecular weight is 145 g/mol. The molecule has 1 aromatic rings. The van der Waals surface area contributed by atoms with E-state index < -0.39 is 0 Å². The third-order valence-corrected chi connectivity index (χ3v) is 1.12. The molecule has 0 aliphatic carbocycles. The number of Topliss-reactive ketones (excluding diaryl/α,β-unsaturated/α-hetero) is 1. The maximum absolute atomic E-state index is 10.5. The first kappa shape index (κ1) is 6.29. The Morgan fingerprint density at radius 2 is 2.56 bits per heavy atom. The molecule has 9 heavy (non-hydrogen) atoms. The van der Waals surface area contributed by atoms with Crippen molar-refractivity contribution < 1.29 is 4.79 Å². The molecule has 0 fully saturated rings. The van der Waals surface area contributed by atoms with Gasteiger partial charge >= 0.3 is 0 Å². The number of nitrogens with zero attached hydrogens (tertiary/aromatic N) is 1. The number of hydrogen-bond donors (Lipinski definition) is 1. The van der Waals surface area contributed by atoms with Crippen molar-refractivity contribution in [3.8, 4) is 0 Å². The van der Waals surface area contributed by atoms with Crippen molar-refractivity contribution in [2.24, 2.45) is 0 Å². The van der Waals surface area contributed by atoms with Crippen molar-refractivity contribution in [2.45, 2.75) is 6.92 Å². The SMILES string of the molecule is CC(=O)c1cnc(Cl)[nH]1. The number of carbonyl (C=O) groups excluding carboxylic acids is 1. The molecular formula is C5H5ClN2O. The van der Waals surface area contributed by atoms with Gasteiger partial charge in [0.15, 0.2) is 5.78 Å². The van der Waals surface area contributed by atoms with Crippen LogP contribution in [0, 0.1) is 0 Å². The van der Waals surface area contributed by atoms with Crippen LogP contribution in [0.5, 0.6) is 0 Å². The monoisotopic (exact) mass is 144 g/mol. The van der Waals surface area contributed by atoms with Gasteiger partial charge in [0.25, 0.3) is 0 Å². The lowest BCUT2D eigenvalue weighted by Gasteiger charge is -1.81. The maximum atomic E-state index is 10.5. The normalized spacial score (nSPS) is 9.56. The van der Waals surface area contributed by atoms with Gasteiger partial charge < -0.3 is 4.98 Å². The van der Waals surface area contributed by atoms with Crippen LogP contribution in [-0.2, 0) is 0 Å². The summed E-state index contributed by atoms with van der Waals surface area (Å²) in [7, 11) is 0. The molecule has 0 amide bonds. The summed E-state index contributed by atoms with van der Waals surface area (Å²) in [5.74, 6) is -0.0607. The molecule has 1 aromatic heterocycles. The van der Waals surface area contributed by atoms with Gasteiger partial charge in [-0.15, -0.1) is 0 Å². The van der Waals surface area contributed by atoms with Crippen LogP contribution in [0.1, 0.15) is 17.4 Å². The fraction of sp³-hybridized carbons (Fsp3) is 0.200. The van der Waals surface area contributed by atoms with E-state index >= 15 is 0 Å². The highest BCUT2D eigenvalue weighted by Gasteiger charge is 2.00. The first-order valence-corrected chi connectivity index (χ1v) is 2.79. The standard InChI is InChI=1S/C5H5ClN2O/c1-3(9)4-2-7-5(6)8-4/h2H,1H3,(H,7,8). The molecule has 0 atom stereocenters. The zero-order valence-corrected chi connectivity index (χ0v) is 5.57. The highest BCUT2D eigenvalue weighted by molar-refractivity contribution is 6.28. The van der Waals surface area contributed by atoms with E-state index in [1.54, 1.807) is 0 Å². The molecule has 1 N–H and O–H groups in total. The molecule has 0 unspecified atom stereocenters. The Morgan fingerprint density at radius 3 is 2.78 bits per heavy atom. The van der Waals surface area contributed by atoms with Gasteiger partial charge in [-0.3, -0.25) is 4.79 Å². The van der Waals surface area contributed by atoms with Gasteiger partial charge in [-0.25, -0.2) is 4.98 Å². The van der Waals surface area contributed by atoms with Gasteiger partial charge in [0, 0.05) is 6.92 Å². The summed E-state index contributed by atoms with van der Waals surface area (Å²) in [5, 5.41) is 0.250. The number of ketones is 1. The fourth-order valence-electron chi connectivity index (χ4n) is 0.476. The third-order valence-electron chi connectivity index (χ3n) is 0.924. The average Bonchev–Trinajstić information content (AvgIpc) is 2.14. The highest BCUT2D eigenvalue weighted by atomic mass is 35.5. The molecule has 4 heteroatoms. The van der Waals surface area contributed by atoms with Crippen molar-refractivity contribution >= 4 is 17.4 Å². The summed E-state index contributed by atoms with van der Waals surface area (Å²) in [6, 6.07) is 0. The first-order chi connectivity index (χ1) is 4.20. The number of rotatable bonds is 1. The molecule has 0 bridgehead atoms. The predicted octanol–water partition coefficient (Wildman–Crippen LogP) is 1.27. The number of halogens is 1. The largest absolute Gasteiger partial charge is 0.326 e. The molecule has 0 aliphatic heterocycles. The van der Waals surface area contributed by atoms with Crippen molar-refractivity contribution in [3.63, 3.8) is 0 Å². The van der Waals surface area contributed by atoms with Crippen LogP contribution >= 0.6 is 11.6 Å². The Kier molecular flexibility index (Phi) is 1.53. The van der Waals surface area contributed by atoms with Gasteiger partial charge in [-0.2, -0.15) is 0 Å². The summed E-state index contributed by atoms with van der Waals surface area (Å²) < 4.78 is 0. The van der Waals surface area contributed by atoms with Crippen LogP contribution in [-0.4, -0.2) is 15.8 Å². The smallest absolute Gasteiger partial charge is 0.200 e. The van der Waals surface area contributed by atoms with Gasteiger partial charge in [-0.1, -0.05) is 0 Å². The Morgan fingerprint density at radius 1 is 1.89 bits per heavy atom. The number of carbonyl (C=O) groups is 1.